The number of ether oxygens (including phenoxy) is 1. The lowest BCUT2D eigenvalue weighted by Gasteiger charge is -2.28. The third-order valence-corrected chi connectivity index (χ3v) is 8.36. The highest BCUT2D eigenvalue weighted by atomic mass is 32.2. The van der Waals surface area contributed by atoms with E-state index in [1.165, 1.54) is 12.4 Å². The van der Waals surface area contributed by atoms with E-state index in [-0.39, 0.29) is 11.3 Å². The number of morpholine rings is 1. The van der Waals surface area contributed by atoms with E-state index in [1.807, 2.05) is 25.6 Å². The zero-order valence-electron chi connectivity index (χ0n) is 24.2. The second-order valence-corrected chi connectivity index (χ2v) is 12.0. The number of aryl methyl sites for hydroxylation is 1. The minimum Gasteiger partial charge on any atom is -0.378 e. The van der Waals surface area contributed by atoms with Crippen LogP contribution >= 0.6 is 0 Å². The predicted octanol–water partition coefficient (Wildman–Crippen LogP) is 1.87. The lowest BCUT2D eigenvalue weighted by Crippen LogP contribution is -2.37. The van der Waals surface area contributed by atoms with Crippen molar-refractivity contribution in [2.24, 2.45) is 12.9 Å². The van der Waals surface area contributed by atoms with Crippen molar-refractivity contribution in [1.29, 1.82) is 0 Å². The van der Waals surface area contributed by atoms with E-state index in [0.29, 0.717) is 79.5 Å². The van der Waals surface area contributed by atoms with Gasteiger partial charge >= 0.3 is 5.97 Å². The highest BCUT2D eigenvalue weighted by Crippen LogP contribution is 2.29. The number of imidazole rings is 1. The van der Waals surface area contributed by atoms with Gasteiger partial charge in [-0.1, -0.05) is 13.3 Å². The molecular formula is C27H34N10O5S. The molecule has 0 atom stereocenters. The van der Waals surface area contributed by atoms with Crippen LogP contribution in [0.1, 0.15) is 35.9 Å². The molecule has 3 N–H and O–H groups in total. The van der Waals surface area contributed by atoms with Crippen molar-refractivity contribution in [1.82, 2.24) is 29.5 Å². The van der Waals surface area contributed by atoms with Crippen molar-refractivity contribution in [3.63, 3.8) is 0 Å². The average Bonchev–Trinajstić information content (AvgIpc) is 3.34. The van der Waals surface area contributed by atoms with Gasteiger partial charge in [0.15, 0.2) is 22.8 Å². The van der Waals surface area contributed by atoms with Gasteiger partial charge in [-0.05, 0) is 30.7 Å². The fourth-order valence-corrected chi connectivity index (χ4v) is 5.85. The van der Waals surface area contributed by atoms with E-state index >= 15 is 0 Å². The van der Waals surface area contributed by atoms with Gasteiger partial charge in [-0.25, -0.2) is 38.1 Å². The normalized spacial score (nSPS) is 13.7. The number of rotatable bonds is 11. The van der Waals surface area contributed by atoms with Crippen LogP contribution in [-0.4, -0.2) is 83.0 Å². The molecule has 0 spiro atoms. The molecule has 0 amide bonds. The van der Waals surface area contributed by atoms with E-state index in [1.54, 1.807) is 29.2 Å². The first-order valence-corrected chi connectivity index (χ1v) is 15.5. The number of sulfonamides is 1. The lowest BCUT2D eigenvalue weighted by atomic mass is 10.2. The quantitative estimate of drug-likeness (QED) is 0.235. The molecular weight excluding hydrogens is 576 g/mol. The van der Waals surface area contributed by atoms with E-state index in [4.69, 9.17) is 25.6 Å². The maximum atomic E-state index is 12.3. The third kappa shape index (κ3) is 6.81. The van der Waals surface area contributed by atoms with Gasteiger partial charge in [0, 0.05) is 50.8 Å². The van der Waals surface area contributed by atoms with Crippen molar-refractivity contribution in [3.8, 4) is 11.4 Å². The molecule has 0 radical (unpaired) electrons. The predicted molar refractivity (Wildman–Crippen MR) is 161 cm³/mol. The summed E-state index contributed by atoms with van der Waals surface area (Å²) in [6.45, 7) is 4.75. The van der Waals surface area contributed by atoms with Gasteiger partial charge in [0.05, 0.1) is 31.1 Å². The van der Waals surface area contributed by atoms with Crippen LogP contribution in [0.3, 0.4) is 0 Å². The Kier molecular flexibility index (Phi) is 8.98. The molecule has 3 aromatic heterocycles. The summed E-state index contributed by atoms with van der Waals surface area (Å²) in [4.78, 5) is 43.0. The van der Waals surface area contributed by atoms with Gasteiger partial charge in [-0.3, -0.25) is 4.72 Å². The summed E-state index contributed by atoms with van der Waals surface area (Å²) in [6, 6.07) is 7.02. The van der Waals surface area contributed by atoms with Crippen LogP contribution in [0, 0.1) is 0 Å². The van der Waals surface area contributed by atoms with E-state index in [2.05, 4.69) is 24.4 Å². The van der Waals surface area contributed by atoms with Crippen LogP contribution in [0.25, 0.3) is 22.6 Å². The lowest BCUT2D eigenvalue weighted by molar-refractivity contribution is 0.0502. The molecule has 0 aliphatic carbocycles. The third-order valence-electron chi connectivity index (χ3n) is 6.99. The van der Waals surface area contributed by atoms with Crippen molar-refractivity contribution in [2.45, 2.75) is 26.3 Å². The molecule has 15 nitrogen and oxygen atoms in total. The van der Waals surface area contributed by atoms with Crippen LogP contribution in [0.2, 0.25) is 0 Å². The summed E-state index contributed by atoms with van der Waals surface area (Å²) < 4.78 is 34.8. The maximum absolute atomic E-state index is 12.3. The summed E-state index contributed by atoms with van der Waals surface area (Å²) in [5, 5.41) is 0. The topological polar surface area (TPSA) is 184 Å². The van der Waals surface area contributed by atoms with Crippen LogP contribution in [0.5, 0.6) is 0 Å². The number of nitrogens with zero attached hydrogens (tertiary/aromatic N) is 8. The maximum Gasteiger partial charge on any atom is 0.359 e. The van der Waals surface area contributed by atoms with Crippen molar-refractivity contribution in [2.75, 3.05) is 53.6 Å². The number of hydrogen-bond acceptors (Lipinski definition) is 13. The molecule has 1 aromatic carbocycles. The number of carbonyl (C=O) groups is 1. The Hall–Kier alpha value is -4.41. The highest BCUT2D eigenvalue weighted by Gasteiger charge is 2.23. The molecule has 4 aromatic rings. The first-order valence-electron chi connectivity index (χ1n) is 13.8. The van der Waals surface area contributed by atoms with Crippen molar-refractivity contribution >= 4 is 44.6 Å². The first-order chi connectivity index (χ1) is 20.7. The molecule has 1 aliphatic rings. The van der Waals surface area contributed by atoms with Gasteiger partial charge in [0.1, 0.15) is 5.82 Å². The fourth-order valence-electron chi connectivity index (χ4n) is 4.58. The highest BCUT2D eigenvalue weighted by molar-refractivity contribution is 7.92. The van der Waals surface area contributed by atoms with Gasteiger partial charge in [0.25, 0.3) is 0 Å². The molecule has 0 unspecified atom stereocenters. The van der Waals surface area contributed by atoms with Crippen LogP contribution in [0.15, 0.2) is 36.7 Å². The minimum absolute atomic E-state index is 0.0757. The minimum atomic E-state index is -3.41. The standard InChI is InChI=1S/C27H34N10O5S/c1-4-5-14-43(39,40)34-20-8-6-18(7-9-20)23-32-24-22(25(33-23)37-10-12-41-13-11-37)31-21(36(24)3)17-35(2)27-29-15-19(16-30-27)26(38)42-28/h6-9,15-16,34H,4-5,10-14,17,28H2,1-3H3. The zero-order chi connectivity index (χ0) is 30.6. The molecule has 228 valence electrons. The van der Waals surface area contributed by atoms with Gasteiger partial charge < -0.3 is 23.9 Å². The smallest absolute Gasteiger partial charge is 0.359 e. The van der Waals surface area contributed by atoms with Gasteiger partial charge in [-0.2, -0.15) is 5.90 Å². The molecule has 0 saturated carbocycles. The Balaban J connectivity index is 1.46. The molecule has 1 saturated heterocycles. The number of aromatic nitrogens is 6. The monoisotopic (exact) mass is 610 g/mol. The second-order valence-electron chi connectivity index (χ2n) is 10.1. The van der Waals surface area contributed by atoms with Crippen LogP contribution in [0.4, 0.5) is 17.5 Å². The first kappa shape index (κ1) is 30.1. The summed E-state index contributed by atoms with van der Waals surface area (Å²) >= 11 is 0. The largest absolute Gasteiger partial charge is 0.378 e. The molecule has 16 heteroatoms. The second kappa shape index (κ2) is 12.8. The number of nitrogens with two attached hydrogens (primary N) is 1. The summed E-state index contributed by atoms with van der Waals surface area (Å²) in [7, 11) is 0.281. The van der Waals surface area contributed by atoms with E-state index < -0.39 is 16.0 Å². The Bertz CT molecular complexity index is 1690. The van der Waals surface area contributed by atoms with E-state index in [9.17, 15) is 13.2 Å². The Morgan fingerprint density at radius 2 is 1.81 bits per heavy atom. The number of unbranched alkanes of at least 4 members (excludes halogenated alkanes) is 1. The summed E-state index contributed by atoms with van der Waals surface area (Å²) in [5.74, 6) is 6.55. The Morgan fingerprint density at radius 3 is 2.47 bits per heavy atom. The molecule has 1 aliphatic heterocycles. The summed E-state index contributed by atoms with van der Waals surface area (Å²) in [5.41, 5.74) is 2.65. The molecule has 4 heterocycles. The molecule has 43 heavy (non-hydrogen) atoms. The van der Waals surface area contributed by atoms with Crippen LogP contribution in [-0.2, 0) is 33.2 Å². The van der Waals surface area contributed by atoms with Gasteiger partial charge in [-0.15, -0.1) is 0 Å². The average molecular weight is 611 g/mol. The Labute approximate surface area is 249 Å². The van der Waals surface area contributed by atoms with E-state index in [0.717, 1.165) is 12.0 Å². The van der Waals surface area contributed by atoms with Crippen molar-refractivity contribution in [3.05, 3.63) is 48.0 Å². The number of anilines is 3. The summed E-state index contributed by atoms with van der Waals surface area (Å²) in [6.07, 6.45) is 4.08. The number of nitrogens with one attached hydrogen (secondary N) is 1. The fraction of sp³-hybridized carbons (Fsp3) is 0.407. The molecule has 1 fully saturated rings. The number of fused-ring (bicyclic) bond motifs is 1. The molecule has 0 bridgehead atoms. The Morgan fingerprint density at radius 1 is 1.12 bits per heavy atom. The van der Waals surface area contributed by atoms with Crippen molar-refractivity contribution < 1.29 is 22.8 Å². The SMILES string of the molecule is CCCCS(=O)(=O)Nc1ccc(-c2nc(N3CCOCC3)c3nc(CN(C)c4ncc(C(=O)ON)cn4)n(C)c3n2)cc1. The van der Waals surface area contributed by atoms with Gasteiger partial charge in [0.2, 0.25) is 16.0 Å². The number of carbonyl (C=O) groups excluding carboxylic acids is 1. The van der Waals surface area contributed by atoms with Crippen LogP contribution < -0.4 is 20.4 Å². The molecule has 5 rings (SSSR count). The number of hydrogen-bond donors (Lipinski definition) is 2. The zero-order valence-corrected chi connectivity index (χ0v) is 25.0. The number of benzene rings is 1.